The Kier molecular flexibility index (Phi) is 4.88. The highest BCUT2D eigenvalue weighted by atomic mass is 16.2. The van der Waals surface area contributed by atoms with Crippen molar-refractivity contribution in [1.82, 2.24) is 19.9 Å². The molecule has 0 spiro atoms. The van der Waals surface area contributed by atoms with E-state index in [4.69, 9.17) is 5.73 Å². The zero-order valence-corrected chi connectivity index (χ0v) is 16.4. The van der Waals surface area contributed by atoms with Crippen LogP contribution in [0.15, 0.2) is 53.5 Å². The smallest absolute Gasteiger partial charge is 0.273 e. The number of nitrogen functional groups attached to an aromatic ring is 1. The molecule has 0 bridgehead atoms. The molecule has 2 aromatic heterocycles. The van der Waals surface area contributed by atoms with Gasteiger partial charge in [0.25, 0.3) is 11.5 Å². The van der Waals surface area contributed by atoms with Crippen LogP contribution in [0.1, 0.15) is 43.2 Å². The van der Waals surface area contributed by atoms with E-state index in [9.17, 15) is 9.59 Å². The van der Waals surface area contributed by atoms with Gasteiger partial charge in [-0.3, -0.25) is 9.59 Å². The number of pyridine rings is 1. The van der Waals surface area contributed by atoms with Crippen molar-refractivity contribution in [3.8, 4) is 22.5 Å². The molecule has 0 unspecified atom stereocenters. The van der Waals surface area contributed by atoms with Crippen LogP contribution in [0.2, 0.25) is 0 Å². The van der Waals surface area contributed by atoms with Crippen molar-refractivity contribution >= 4 is 11.7 Å². The quantitative estimate of drug-likeness (QED) is 0.698. The molecule has 1 aliphatic rings. The third-order valence-electron chi connectivity index (χ3n) is 4.87. The first-order valence-corrected chi connectivity index (χ1v) is 9.70. The summed E-state index contributed by atoms with van der Waals surface area (Å²) in [6, 6.07) is 12.9. The molecule has 3 aromatic rings. The highest BCUT2D eigenvalue weighted by Crippen LogP contribution is 2.31. The van der Waals surface area contributed by atoms with Crippen LogP contribution in [-0.2, 0) is 0 Å². The zero-order valence-electron chi connectivity index (χ0n) is 16.4. The summed E-state index contributed by atoms with van der Waals surface area (Å²) in [6.07, 6.45) is 3.68. The Morgan fingerprint density at radius 2 is 1.76 bits per heavy atom. The van der Waals surface area contributed by atoms with Crippen molar-refractivity contribution in [3.63, 3.8) is 0 Å². The van der Waals surface area contributed by atoms with Gasteiger partial charge in [0.1, 0.15) is 0 Å². The van der Waals surface area contributed by atoms with E-state index in [1.807, 2.05) is 44.2 Å². The molecule has 0 radical (unpaired) electrons. The first-order valence-electron chi connectivity index (χ1n) is 9.70. The molecule has 7 heteroatoms. The maximum atomic E-state index is 12.6. The molecule has 1 fully saturated rings. The van der Waals surface area contributed by atoms with Crippen LogP contribution in [0.5, 0.6) is 0 Å². The molecule has 1 aliphatic carbocycles. The van der Waals surface area contributed by atoms with Crippen LogP contribution in [-0.4, -0.2) is 26.5 Å². The number of nitrogens with zero attached hydrogens (tertiary/aromatic N) is 3. The minimum atomic E-state index is -0.324. The Morgan fingerprint density at radius 3 is 2.41 bits per heavy atom. The van der Waals surface area contributed by atoms with E-state index in [1.165, 1.54) is 6.07 Å². The van der Waals surface area contributed by atoms with E-state index >= 15 is 0 Å². The summed E-state index contributed by atoms with van der Waals surface area (Å²) in [6.45, 7) is 3.87. The van der Waals surface area contributed by atoms with Crippen molar-refractivity contribution < 1.29 is 4.79 Å². The summed E-state index contributed by atoms with van der Waals surface area (Å²) in [5.41, 5.74) is 8.74. The van der Waals surface area contributed by atoms with E-state index in [0.717, 1.165) is 18.4 Å². The fraction of sp³-hybridized carbons (Fsp3) is 0.273. The minimum absolute atomic E-state index is 0.0120. The minimum Gasteiger partial charge on any atom is -0.382 e. The molecule has 1 saturated carbocycles. The number of nitrogens with two attached hydrogens (primary N) is 1. The number of hydrogen-bond acceptors (Lipinski definition) is 5. The lowest BCUT2D eigenvalue weighted by molar-refractivity contribution is 0.0947. The molecule has 29 heavy (non-hydrogen) atoms. The lowest BCUT2D eigenvalue weighted by atomic mass is 10.0. The van der Waals surface area contributed by atoms with Crippen LogP contribution in [0.3, 0.4) is 0 Å². The Labute approximate surface area is 168 Å². The normalized spacial score (nSPS) is 13.5. The summed E-state index contributed by atoms with van der Waals surface area (Å²) in [5.74, 6) is -0.238. The second-order valence-electron chi connectivity index (χ2n) is 7.53. The van der Waals surface area contributed by atoms with Gasteiger partial charge in [0.2, 0.25) is 0 Å². The first-order chi connectivity index (χ1) is 13.9. The summed E-state index contributed by atoms with van der Waals surface area (Å²) in [5, 5.41) is 2.91. The largest absolute Gasteiger partial charge is 0.382 e. The number of hydrogen-bond donors (Lipinski definition) is 2. The third-order valence-corrected chi connectivity index (χ3v) is 4.87. The SMILES string of the molecule is CC(C)n1cc(-c2nc(C(=O)NC3CC3)c(N)nc2-c2ccccc2)ccc1=O. The van der Waals surface area contributed by atoms with Crippen molar-refractivity contribution in [1.29, 1.82) is 0 Å². The number of amides is 1. The van der Waals surface area contributed by atoms with Gasteiger partial charge in [-0.05, 0) is 32.8 Å². The molecular weight excluding hydrogens is 366 g/mol. The molecule has 0 saturated heterocycles. The monoisotopic (exact) mass is 389 g/mol. The topological polar surface area (TPSA) is 103 Å². The second kappa shape index (κ2) is 7.50. The third kappa shape index (κ3) is 3.89. The van der Waals surface area contributed by atoms with Crippen LogP contribution >= 0.6 is 0 Å². The summed E-state index contributed by atoms with van der Waals surface area (Å²) >= 11 is 0. The van der Waals surface area contributed by atoms with Gasteiger partial charge in [-0.15, -0.1) is 0 Å². The van der Waals surface area contributed by atoms with Crippen molar-refractivity contribution in [2.24, 2.45) is 0 Å². The Bertz CT molecular complexity index is 1120. The van der Waals surface area contributed by atoms with Crippen molar-refractivity contribution in [2.45, 2.75) is 38.8 Å². The molecule has 2 heterocycles. The van der Waals surface area contributed by atoms with Gasteiger partial charge in [0.15, 0.2) is 11.5 Å². The lowest BCUT2D eigenvalue weighted by Crippen LogP contribution is -2.28. The van der Waals surface area contributed by atoms with Crippen LogP contribution in [0.25, 0.3) is 22.5 Å². The van der Waals surface area contributed by atoms with Gasteiger partial charge < -0.3 is 15.6 Å². The van der Waals surface area contributed by atoms with Gasteiger partial charge >= 0.3 is 0 Å². The number of aromatic nitrogens is 3. The predicted molar refractivity (Wildman–Crippen MR) is 112 cm³/mol. The Balaban J connectivity index is 1.90. The second-order valence-corrected chi connectivity index (χ2v) is 7.53. The van der Waals surface area contributed by atoms with Crippen LogP contribution in [0.4, 0.5) is 5.82 Å². The van der Waals surface area contributed by atoms with E-state index in [2.05, 4.69) is 15.3 Å². The van der Waals surface area contributed by atoms with E-state index in [1.54, 1.807) is 16.8 Å². The Hall–Kier alpha value is -3.48. The zero-order chi connectivity index (χ0) is 20.5. The van der Waals surface area contributed by atoms with Crippen LogP contribution < -0.4 is 16.6 Å². The molecule has 148 valence electrons. The highest BCUT2D eigenvalue weighted by Gasteiger charge is 2.27. The van der Waals surface area contributed by atoms with Gasteiger partial charge in [-0.25, -0.2) is 9.97 Å². The first kappa shape index (κ1) is 18.9. The molecule has 0 aliphatic heterocycles. The maximum Gasteiger partial charge on any atom is 0.273 e. The highest BCUT2D eigenvalue weighted by molar-refractivity contribution is 5.98. The van der Waals surface area contributed by atoms with Gasteiger partial charge in [0.05, 0.1) is 11.4 Å². The number of carbonyl (C=O) groups is 1. The maximum absolute atomic E-state index is 12.6. The number of benzene rings is 1. The van der Waals surface area contributed by atoms with Gasteiger partial charge in [-0.1, -0.05) is 30.3 Å². The average Bonchev–Trinajstić information content (AvgIpc) is 3.52. The lowest BCUT2D eigenvalue weighted by Gasteiger charge is -2.15. The standard InChI is InChI=1S/C22H23N5O2/c1-13(2)27-12-15(8-11-17(27)28)19-18(14-6-4-3-5-7-14)26-21(23)20(25-19)22(29)24-16-9-10-16/h3-8,11-13,16H,9-10H2,1-2H3,(H2,23,26)(H,24,29). The molecule has 4 rings (SSSR count). The van der Waals surface area contributed by atoms with Gasteiger partial charge in [-0.2, -0.15) is 0 Å². The number of rotatable bonds is 5. The molecule has 1 amide bonds. The predicted octanol–water partition coefficient (Wildman–Crippen LogP) is 3.03. The summed E-state index contributed by atoms with van der Waals surface area (Å²) in [7, 11) is 0. The number of nitrogens with one attached hydrogen (secondary N) is 1. The average molecular weight is 389 g/mol. The summed E-state index contributed by atoms with van der Waals surface area (Å²) < 4.78 is 1.63. The fourth-order valence-corrected chi connectivity index (χ4v) is 3.14. The van der Waals surface area contributed by atoms with E-state index < -0.39 is 0 Å². The van der Waals surface area contributed by atoms with E-state index in [-0.39, 0.29) is 35.1 Å². The number of carbonyl (C=O) groups excluding carboxylic acids is 1. The molecule has 3 N–H and O–H groups in total. The van der Waals surface area contributed by atoms with Gasteiger partial charge in [0, 0.05) is 35.5 Å². The number of anilines is 1. The van der Waals surface area contributed by atoms with Crippen molar-refractivity contribution in [3.05, 3.63) is 64.7 Å². The van der Waals surface area contributed by atoms with E-state index in [0.29, 0.717) is 17.0 Å². The summed E-state index contributed by atoms with van der Waals surface area (Å²) in [4.78, 5) is 34.0. The molecule has 1 aromatic carbocycles. The Morgan fingerprint density at radius 1 is 1.07 bits per heavy atom. The van der Waals surface area contributed by atoms with Crippen molar-refractivity contribution in [2.75, 3.05) is 5.73 Å². The fourth-order valence-electron chi connectivity index (χ4n) is 3.14. The van der Waals surface area contributed by atoms with Crippen LogP contribution in [0, 0.1) is 0 Å². The molecular formula is C22H23N5O2. The molecule has 0 atom stereocenters. The molecule has 7 nitrogen and oxygen atoms in total.